The van der Waals surface area contributed by atoms with Gasteiger partial charge in [-0.25, -0.2) is 9.67 Å². The van der Waals surface area contributed by atoms with Gasteiger partial charge in [0.2, 0.25) is 5.91 Å². The van der Waals surface area contributed by atoms with Crippen molar-refractivity contribution < 1.29 is 4.79 Å². The molecule has 0 fully saturated rings. The van der Waals surface area contributed by atoms with Gasteiger partial charge >= 0.3 is 0 Å². The average molecular weight is 349 g/mol. The predicted octanol–water partition coefficient (Wildman–Crippen LogP) is 2.35. The minimum atomic E-state index is -0.136. The molecule has 0 spiro atoms. The van der Waals surface area contributed by atoms with Crippen molar-refractivity contribution in [2.75, 3.05) is 0 Å². The monoisotopic (exact) mass is 349 g/mol. The third kappa shape index (κ3) is 4.77. The third-order valence-electron chi connectivity index (χ3n) is 4.08. The second-order valence-electron chi connectivity index (χ2n) is 6.41. The van der Waals surface area contributed by atoms with Crippen LogP contribution in [0.4, 0.5) is 0 Å². The molecule has 0 radical (unpaired) electrons. The van der Waals surface area contributed by atoms with Gasteiger partial charge in [-0.05, 0) is 29.2 Å². The standard InChI is InChI=1S/C20H23N5O/c1-15(21)10-20(26)23-11-18-4-2-3-5-19(18)17-8-6-16(7-9-17)12-25-14-22-13-24-25/h2-9,13-15H,10-12,21H2,1H3,(H,23,26). The highest BCUT2D eigenvalue weighted by Crippen LogP contribution is 2.24. The largest absolute Gasteiger partial charge is 0.352 e. The molecule has 0 aliphatic carbocycles. The van der Waals surface area contributed by atoms with Gasteiger partial charge in [-0.15, -0.1) is 0 Å². The molecule has 0 saturated heterocycles. The van der Waals surface area contributed by atoms with E-state index in [9.17, 15) is 4.79 Å². The molecule has 0 saturated carbocycles. The fourth-order valence-corrected chi connectivity index (χ4v) is 2.81. The molecule has 26 heavy (non-hydrogen) atoms. The van der Waals surface area contributed by atoms with Crippen molar-refractivity contribution in [3.63, 3.8) is 0 Å². The number of hydrogen-bond acceptors (Lipinski definition) is 4. The van der Waals surface area contributed by atoms with Crippen molar-refractivity contribution in [1.29, 1.82) is 0 Å². The lowest BCUT2D eigenvalue weighted by Crippen LogP contribution is -2.29. The Bertz CT molecular complexity index is 841. The first-order valence-electron chi connectivity index (χ1n) is 8.64. The van der Waals surface area contributed by atoms with Crippen LogP contribution in [0.1, 0.15) is 24.5 Å². The summed E-state index contributed by atoms with van der Waals surface area (Å²) in [6.45, 7) is 3.01. The van der Waals surface area contributed by atoms with Gasteiger partial charge < -0.3 is 11.1 Å². The zero-order valence-corrected chi connectivity index (χ0v) is 14.8. The number of nitrogens with one attached hydrogen (secondary N) is 1. The van der Waals surface area contributed by atoms with Gasteiger partial charge in [0.15, 0.2) is 0 Å². The molecule has 1 heterocycles. The minimum Gasteiger partial charge on any atom is -0.352 e. The Morgan fingerprint density at radius 2 is 1.96 bits per heavy atom. The topological polar surface area (TPSA) is 85.8 Å². The van der Waals surface area contributed by atoms with Crippen LogP contribution >= 0.6 is 0 Å². The number of nitrogens with zero attached hydrogens (tertiary/aromatic N) is 3. The van der Waals surface area contributed by atoms with Crippen LogP contribution in [-0.4, -0.2) is 26.7 Å². The smallest absolute Gasteiger partial charge is 0.221 e. The lowest BCUT2D eigenvalue weighted by atomic mass is 9.98. The van der Waals surface area contributed by atoms with E-state index < -0.39 is 0 Å². The van der Waals surface area contributed by atoms with Crippen molar-refractivity contribution in [3.8, 4) is 11.1 Å². The predicted molar refractivity (Wildman–Crippen MR) is 101 cm³/mol. The van der Waals surface area contributed by atoms with Gasteiger partial charge in [0, 0.05) is 19.0 Å². The Kier molecular flexibility index (Phi) is 5.76. The van der Waals surface area contributed by atoms with E-state index in [0.717, 1.165) is 22.3 Å². The second kappa shape index (κ2) is 8.40. The quantitative estimate of drug-likeness (QED) is 0.685. The summed E-state index contributed by atoms with van der Waals surface area (Å²) in [6, 6.07) is 16.3. The maximum absolute atomic E-state index is 11.9. The Hall–Kier alpha value is -2.99. The molecule has 3 aromatic rings. The van der Waals surface area contributed by atoms with Crippen LogP contribution in [0.2, 0.25) is 0 Å². The number of carbonyl (C=O) groups is 1. The van der Waals surface area contributed by atoms with Gasteiger partial charge in [0.05, 0.1) is 6.54 Å². The molecule has 3 N–H and O–H groups in total. The van der Waals surface area contributed by atoms with E-state index in [-0.39, 0.29) is 11.9 Å². The fourth-order valence-electron chi connectivity index (χ4n) is 2.81. The molecule has 1 unspecified atom stereocenters. The molecule has 6 heteroatoms. The highest BCUT2D eigenvalue weighted by Gasteiger charge is 2.08. The van der Waals surface area contributed by atoms with E-state index in [0.29, 0.717) is 19.5 Å². The van der Waals surface area contributed by atoms with E-state index in [1.54, 1.807) is 11.0 Å². The van der Waals surface area contributed by atoms with Crippen LogP contribution in [-0.2, 0) is 17.9 Å². The summed E-state index contributed by atoms with van der Waals surface area (Å²) >= 11 is 0. The van der Waals surface area contributed by atoms with E-state index in [4.69, 9.17) is 5.73 Å². The molecule has 6 nitrogen and oxygen atoms in total. The molecular weight excluding hydrogens is 326 g/mol. The summed E-state index contributed by atoms with van der Waals surface area (Å²) in [6.07, 6.45) is 3.57. The zero-order chi connectivity index (χ0) is 18.4. The van der Waals surface area contributed by atoms with Crippen molar-refractivity contribution >= 4 is 5.91 Å². The normalized spacial score (nSPS) is 11.9. The molecule has 2 aromatic carbocycles. The Morgan fingerprint density at radius 3 is 2.65 bits per heavy atom. The molecule has 134 valence electrons. The second-order valence-corrected chi connectivity index (χ2v) is 6.41. The average Bonchev–Trinajstić information content (AvgIpc) is 3.13. The van der Waals surface area contributed by atoms with Crippen LogP contribution in [0, 0.1) is 0 Å². The lowest BCUT2D eigenvalue weighted by molar-refractivity contribution is -0.121. The molecule has 1 amide bonds. The SMILES string of the molecule is CC(N)CC(=O)NCc1ccccc1-c1ccc(Cn2cncn2)cc1. The van der Waals surface area contributed by atoms with Crippen LogP contribution in [0.5, 0.6) is 0 Å². The lowest BCUT2D eigenvalue weighted by Gasteiger charge is -2.12. The Labute approximate surface area is 153 Å². The third-order valence-corrected chi connectivity index (χ3v) is 4.08. The Morgan fingerprint density at radius 1 is 1.19 bits per heavy atom. The first kappa shape index (κ1) is 17.8. The van der Waals surface area contributed by atoms with Crippen molar-refractivity contribution in [1.82, 2.24) is 20.1 Å². The summed E-state index contributed by atoms with van der Waals surface area (Å²) < 4.78 is 1.79. The zero-order valence-electron chi connectivity index (χ0n) is 14.8. The number of amides is 1. The summed E-state index contributed by atoms with van der Waals surface area (Å²) in [5, 5.41) is 7.07. The maximum Gasteiger partial charge on any atom is 0.221 e. The molecular formula is C20H23N5O. The van der Waals surface area contributed by atoms with Gasteiger partial charge in [-0.1, -0.05) is 48.5 Å². The highest BCUT2D eigenvalue weighted by molar-refractivity contribution is 5.77. The fraction of sp³-hybridized carbons (Fsp3) is 0.250. The molecule has 0 aliphatic heterocycles. The number of benzene rings is 2. The molecule has 0 aliphatic rings. The number of carbonyl (C=O) groups excluding carboxylic acids is 1. The van der Waals surface area contributed by atoms with Crippen molar-refractivity contribution in [2.24, 2.45) is 5.73 Å². The van der Waals surface area contributed by atoms with Crippen molar-refractivity contribution in [2.45, 2.75) is 32.5 Å². The van der Waals surface area contributed by atoms with Crippen LogP contribution in [0.15, 0.2) is 61.2 Å². The van der Waals surface area contributed by atoms with Crippen LogP contribution in [0.3, 0.4) is 0 Å². The maximum atomic E-state index is 11.9. The molecule has 3 rings (SSSR count). The van der Waals surface area contributed by atoms with Crippen LogP contribution in [0.25, 0.3) is 11.1 Å². The Balaban J connectivity index is 1.71. The van der Waals surface area contributed by atoms with Crippen molar-refractivity contribution in [3.05, 3.63) is 72.3 Å². The molecule has 1 atom stereocenters. The van der Waals surface area contributed by atoms with Gasteiger partial charge in [0.1, 0.15) is 12.7 Å². The molecule has 0 bridgehead atoms. The van der Waals surface area contributed by atoms with E-state index in [2.05, 4.69) is 45.7 Å². The number of aromatic nitrogens is 3. The van der Waals surface area contributed by atoms with E-state index >= 15 is 0 Å². The summed E-state index contributed by atoms with van der Waals surface area (Å²) in [7, 11) is 0. The van der Waals surface area contributed by atoms with E-state index in [1.807, 2.05) is 25.1 Å². The summed E-state index contributed by atoms with van der Waals surface area (Å²) in [4.78, 5) is 15.8. The first-order valence-corrected chi connectivity index (χ1v) is 8.64. The van der Waals surface area contributed by atoms with Gasteiger partial charge in [0.25, 0.3) is 0 Å². The minimum absolute atomic E-state index is 0.0296. The first-order chi connectivity index (χ1) is 12.6. The van der Waals surface area contributed by atoms with E-state index in [1.165, 1.54) is 6.33 Å². The number of hydrogen-bond donors (Lipinski definition) is 2. The van der Waals surface area contributed by atoms with Gasteiger partial charge in [-0.2, -0.15) is 5.10 Å². The highest BCUT2D eigenvalue weighted by atomic mass is 16.1. The summed E-state index contributed by atoms with van der Waals surface area (Å²) in [5.41, 5.74) is 10.1. The molecule has 1 aromatic heterocycles. The van der Waals surface area contributed by atoms with Crippen LogP contribution < -0.4 is 11.1 Å². The number of rotatable bonds is 7. The summed E-state index contributed by atoms with van der Waals surface area (Å²) in [5.74, 6) is -0.0296. The van der Waals surface area contributed by atoms with Gasteiger partial charge in [-0.3, -0.25) is 4.79 Å². The number of nitrogens with two attached hydrogens (primary N) is 1.